The second kappa shape index (κ2) is 52.8. The van der Waals surface area contributed by atoms with E-state index in [0.29, 0.717) is 88.9 Å². The van der Waals surface area contributed by atoms with E-state index in [4.69, 9.17) is 36.4 Å². The Kier molecular flexibility index (Phi) is 41.8. The number of aryl methyl sites for hydroxylation is 2. The van der Waals surface area contributed by atoms with E-state index in [1.807, 2.05) is 63.5 Å². The Morgan fingerprint density at radius 3 is 0.969 bits per heavy atom. The lowest BCUT2D eigenvalue weighted by atomic mass is 9.95. The van der Waals surface area contributed by atoms with Crippen LogP contribution < -0.4 is 18.9 Å². The number of ether oxygens (including phenoxy) is 4. The van der Waals surface area contributed by atoms with Crippen molar-refractivity contribution in [3.05, 3.63) is 105 Å². The molecule has 0 aliphatic carbocycles. The van der Waals surface area contributed by atoms with Crippen molar-refractivity contribution in [3.63, 3.8) is 0 Å². The van der Waals surface area contributed by atoms with E-state index in [1.165, 1.54) is 243 Å². The van der Waals surface area contributed by atoms with Gasteiger partial charge in [-0.1, -0.05) is 289 Å². The quantitative estimate of drug-likeness (QED) is 0.0348. The zero-order chi connectivity index (χ0) is 90.3. The molecular weight excluding hydrogens is 1740 g/mol. The van der Waals surface area contributed by atoms with Crippen LogP contribution >= 0.6 is 91.5 Å². The van der Waals surface area contributed by atoms with Crippen molar-refractivity contribution in [2.75, 3.05) is 26.4 Å². The highest BCUT2D eigenvalue weighted by molar-refractivity contribution is 7.25. The molecule has 8 heterocycles. The third-order valence-electron chi connectivity index (χ3n) is 27.1. The van der Waals surface area contributed by atoms with Crippen LogP contribution in [0.1, 0.15) is 360 Å². The fraction of sp³-hybridized carbons (Fsp3) is 0.600. The van der Waals surface area contributed by atoms with Crippen LogP contribution in [0.5, 0.6) is 23.0 Å². The lowest BCUT2D eigenvalue weighted by molar-refractivity contribution is 0.193. The first-order chi connectivity index (χ1) is 62.7. The van der Waals surface area contributed by atoms with E-state index in [1.54, 1.807) is 12.1 Å². The second-order valence-electron chi connectivity index (χ2n) is 37.3. The number of unbranched alkanes of at least 4 members (excludes halogenated alkanes) is 18. The fourth-order valence-corrected chi connectivity index (χ4v) is 27.3. The van der Waals surface area contributed by atoms with E-state index in [0.717, 1.165) is 193 Å². The standard InChI is InChI=1S/C110H152F2N4O4S8/c1-15-27-37-41-51-77(47-33-21-7)69-117-105-74(14)101-102(114-127-113-101)96(106(105)118-70-78(48-34-22-8)52-42-38-28-16-2)91-63-61-87(124-91)83-57-58-84(100(112)99(83)111)88-62-64-92(125-88)97-103-104(116-128-115-103)98(108(120-72-80(50-36-24-10)54-44-40-30-18-4)107(97)119-71-79(49-35-23-9)53-43-39-29-17-3)93-68-86-95(90-60-56-82(123-90)67-76(26-12)46-32-20-6)109-85(65-73(13)121-109)94(110(86)126-93)89-59-55-81(122-89)66-75(25-11)45-31-19-5/h55-65,68,75-80H,15-54,66-67,69-72H2,1-14H3. The molecule has 18 heteroatoms. The molecule has 0 N–H and O–H groups in total. The maximum absolute atomic E-state index is 18.1. The number of benzene rings is 4. The number of hydrogen-bond donors (Lipinski definition) is 0. The summed E-state index contributed by atoms with van der Waals surface area (Å²) in [5.41, 5.74) is 9.52. The van der Waals surface area contributed by atoms with Crippen LogP contribution in [0, 0.1) is 61.0 Å². The molecule has 0 saturated carbocycles. The summed E-state index contributed by atoms with van der Waals surface area (Å²) in [6, 6.07) is 26.3. The van der Waals surface area contributed by atoms with Crippen LogP contribution in [0.25, 0.3) is 115 Å². The van der Waals surface area contributed by atoms with Crippen LogP contribution in [0.15, 0.2) is 72.8 Å². The van der Waals surface area contributed by atoms with Gasteiger partial charge in [-0.15, -0.1) is 68.0 Å². The molecule has 0 bridgehead atoms. The average molecular weight is 1890 g/mol. The minimum absolute atomic E-state index is 0.197. The maximum Gasteiger partial charge on any atom is 0.172 e. The van der Waals surface area contributed by atoms with E-state index in [2.05, 4.69) is 139 Å². The topological polar surface area (TPSA) is 88.5 Å². The molecule has 12 rings (SSSR count). The van der Waals surface area contributed by atoms with E-state index in [9.17, 15) is 0 Å². The van der Waals surface area contributed by atoms with Gasteiger partial charge in [-0.2, -0.15) is 17.5 Å². The Hall–Kier alpha value is -5.70. The molecule has 12 aromatic rings. The molecule has 6 atom stereocenters. The van der Waals surface area contributed by atoms with Gasteiger partial charge in [0, 0.05) is 96.8 Å². The number of halogens is 2. The van der Waals surface area contributed by atoms with Crippen molar-refractivity contribution in [1.29, 1.82) is 0 Å². The van der Waals surface area contributed by atoms with Crippen LogP contribution in [0.3, 0.4) is 0 Å². The number of aromatic nitrogens is 4. The predicted molar refractivity (Wildman–Crippen MR) is 561 cm³/mol. The summed E-state index contributed by atoms with van der Waals surface area (Å²) in [4.78, 5) is 10.8. The third kappa shape index (κ3) is 26.3. The molecule has 0 fully saturated rings. The number of nitrogens with zero attached hydrogens (tertiary/aromatic N) is 4. The van der Waals surface area contributed by atoms with Crippen molar-refractivity contribution >= 4 is 134 Å². The smallest absolute Gasteiger partial charge is 0.172 e. The Morgan fingerprint density at radius 2 is 0.586 bits per heavy atom. The molecular formula is C110H152F2N4O4S8. The molecule has 0 amide bonds. The molecule has 8 aromatic heterocycles. The highest BCUT2D eigenvalue weighted by Gasteiger charge is 2.35. The molecule has 4 aromatic carbocycles. The van der Waals surface area contributed by atoms with Gasteiger partial charge in [-0.25, -0.2) is 8.78 Å². The third-order valence-corrected chi connectivity index (χ3v) is 34.9. The van der Waals surface area contributed by atoms with Gasteiger partial charge in [-0.05, 0) is 186 Å². The Bertz CT molecular complexity index is 5210. The monoisotopic (exact) mass is 1890 g/mol. The van der Waals surface area contributed by atoms with Gasteiger partial charge in [0.2, 0.25) is 0 Å². The van der Waals surface area contributed by atoms with Crippen molar-refractivity contribution in [1.82, 2.24) is 17.5 Å². The first-order valence-electron chi connectivity index (χ1n) is 50.7. The molecule has 0 aliphatic heterocycles. The van der Waals surface area contributed by atoms with Crippen LogP contribution in [-0.2, 0) is 12.8 Å². The minimum atomic E-state index is -0.892. The maximum atomic E-state index is 18.1. The first kappa shape index (κ1) is 101. The Morgan fingerprint density at radius 1 is 0.281 bits per heavy atom. The first-order valence-corrected chi connectivity index (χ1v) is 57.0. The minimum Gasteiger partial charge on any atom is -0.489 e. The number of rotatable bonds is 63. The van der Waals surface area contributed by atoms with Gasteiger partial charge in [0.05, 0.1) is 66.6 Å². The van der Waals surface area contributed by atoms with Gasteiger partial charge < -0.3 is 18.9 Å². The van der Waals surface area contributed by atoms with E-state index in [-0.39, 0.29) is 11.1 Å². The summed E-state index contributed by atoms with van der Waals surface area (Å²) in [7, 11) is 0. The van der Waals surface area contributed by atoms with Gasteiger partial charge in [0.1, 0.15) is 22.1 Å². The van der Waals surface area contributed by atoms with Gasteiger partial charge in [-0.3, -0.25) is 0 Å². The largest absolute Gasteiger partial charge is 0.489 e. The Labute approximate surface area is 801 Å². The zero-order valence-corrected chi connectivity index (χ0v) is 86.9. The van der Waals surface area contributed by atoms with Crippen molar-refractivity contribution in [2.24, 2.45) is 35.5 Å². The SMILES string of the molecule is CCCCCCC(CCCC)COc1c(OCC(CCCC)CCCCCC)c(-c2ccc(-c3ccc(-c4ccc(-c5c(OCC(CCCC)CCCCCC)c(OCC(CCCC)CCCCCC)c(-c6cc7c(-c8ccc(CC(CC)CCCC)s8)c8sc(C)cc8c(-c8ccc(CC(CC)CCCC)s8)c7s6)c6nsnc56)s4)c(F)c3F)s2)c2nsnc2c1C. The lowest BCUT2D eigenvalue weighted by Crippen LogP contribution is -2.16. The van der Waals surface area contributed by atoms with Crippen LogP contribution in [-0.4, -0.2) is 43.9 Å². The highest BCUT2D eigenvalue weighted by Crippen LogP contribution is 2.59. The van der Waals surface area contributed by atoms with Gasteiger partial charge in [0.25, 0.3) is 0 Å². The predicted octanol–water partition coefficient (Wildman–Crippen LogP) is 39.1. The molecule has 0 saturated heterocycles. The molecule has 128 heavy (non-hydrogen) atoms. The molecule has 698 valence electrons. The molecule has 0 aliphatic rings. The summed E-state index contributed by atoms with van der Waals surface area (Å²) in [5.74, 6) is 3.68. The summed E-state index contributed by atoms with van der Waals surface area (Å²) < 4.78 is 89.8. The van der Waals surface area contributed by atoms with E-state index >= 15 is 8.78 Å². The second-order valence-corrected chi connectivity index (χ2v) is 45.1. The summed E-state index contributed by atoms with van der Waals surface area (Å²) in [6.45, 7) is 34.3. The number of hydrogen-bond acceptors (Lipinski definition) is 16. The van der Waals surface area contributed by atoms with E-state index < -0.39 is 11.6 Å². The summed E-state index contributed by atoms with van der Waals surface area (Å²) >= 11 is 13.1. The average Bonchev–Trinajstić information content (AvgIpc) is 1.56. The normalized spacial score (nSPS) is 13.5. The molecule has 0 spiro atoms. The fourth-order valence-electron chi connectivity index (χ4n) is 19.2. The van der Waals surface area contributed by atoms with Gasteiger partial charge >= 0.3 is 0 Å². The zero-order valence-electron chi connectivity index (χ0n) is 80.4. The molecule has 0 radical (unpaired) electrons. The summed E-state index contributed by atoms with van der Waals surface area (Å²) in [5, 5.41) is 2.58. The van der Waals surface area contributed by atoms with Crippen molar-refractivity contribution in [3.8, 4) is 96.1 Å². The van der Waals surface area contributed by atoms with Crippen LogP contribution in [0.4, 0.5) is 8.78 Å². The van der Waals surface area contributed by atoms with Crippen molar-refractivity contribution < 1.29 is 27.7 Å². The molecule has 6 unspecified atom stereocenters. The van der Waals surface area contributed by atoms with Gasteiger partial charge in [0.15, 0.2) is 34.6 Å². The number of fused-ring (bicyclic) bond motifs is 4. The number of thiophene rings is 6. The lowest BCUT2D eigenvalue weighted by Gasteiger charge is -2.24. The van der Waals surface area contributed by atoms with Crippen LogP contribution in [0.2, 0.25) is 0 Å². The molecule has 8 nitrogen and oxygen atoms in total. The highest BCUT2D eigenvalue weighted by atomic mass is 32.1. The van der Waals surface area contributed by atoms with Crippen molar-refractivity contribution in [2.45, 2.75) is 367 Å². The Balaban J connectivity index is 1.02. The summed E-state index contributed by atoms with van der Waals surface area (Å²) in [6.07, 6.45) is 48.8.